The summed E-state index contributed by atoms with van der Waals surface area (Å²) in [5, 5.41) is 4.51. The molecule has 0 radical (unpaired) electrons. The van der Waals surface area contributed by atoms with Crippen LogP contribution >= 0.6 is 11.6 Å². The topological polar surface area (TPSA) is 74.2 Å². The Morgan fingerprint density at radius 3 is 2.70 bits per heavy atom. The van der Waals surface area contributed by atoms with E-state index < -0.39 is 0 Å². The van der Waals surface area contributed by atoms with Crippen molar-refractivity contribution >= 4 is 11.6 Å². The quantitative estimate of drug-likeness (QED) is 0.913. The molecular formula is C14H18ClN3O2. The SMILES string of the molecule is CC(Oc1cccc(Cl)c1)c1nc(C(N)C(C)C)no1. The Hall–Kier alpha value is -1.59. The fourth-order valence-electron chi connectivity index (χ4n) is 1.64. The highest BCUT2D eigenvalue weighted by molar-refractivity contribution is 6.30. The van der Waals surface area contributed by atoms with Gasteiger partial charge in [-0.2, -0.15) is 4.98 Å². The van der Waals surface area contributed by atoms with Gasteiger partial charge < -0.3 is 15.0 Å². The first kappa shape index (κ1) is 14.8. The van der Waals surface area contributed by atoms with Gasteiger partial charge in [-0.1, -0.05) is 36.7 Å². The van der Waals surface area contributed by atoms with Crippen LogP contribution in [0.25, 0.3) is 0 Å². The summed E-state index contributed by atoms with van der Waals surface area (Å²) in [6.45, 7) is 5.85. The molecule has 2 atom stereocenters. The highest BCUT2D eigenvalue weighted by atomic mass is 35.5. The molecule has 0 fully saturated rings. The number of halogens is 1. The lowest BCUT2D eigenvalue weighted by Crippen LogP contribution is -2.18. The minimum Gasteiger partial charge on any atom is -0.481 e. The lowest BCUT2D eigenvalue weighted by molar-refractivity contribution is 0.175. The molecule has 0 aliphatic rings. The molecule has 6 heteroatoms. The van der Waals surface area contributed by atoms with Gasteiger partial charge in [0.1, 0.15) is 5.75 Å². The minimum atomic E-state index is -0.367. The van der Waals surface area contributed by atoms with E-state index >= 15 is 0 Å². The number of nitrogens with zero attached hydrogens (tertiary/aromatic N) is 2. The van der Waals surface area contributed by atoms with E-state index in [1.54, 1.807) is 12.1 Å². The van der Waals surface area contributed by atoms with Crippen LogP contribution in [0.3, 0.4) is 0 Å². The van der Waals surface area contributed by atoms with E-state index in [1.165, 1.54) is 0 Å². The summed E-state index contributed by atoms with van der Waals surface area (Å²) in [7, 11) is 0. The van der Waals surface area contributed by atoms with Crippen molar-refractivity contribution < 1.29 is 9.26 Å². The molecule has 0 aliphatic carbocycles. The molecule has 2 aromatic rings. The van der Waals surface area contributed by atoms with Gasteiger partial charge in [-0.05, 0) is 31.0 Å². The average molecular weight is 296 g/mol. The van der Waals surface area contributed by atoms with Crippen LogP contribution in [0, 0.1) is 5.92 Å². The number of nitrogens with two attached hydrogens (primary N) is 1. The number of hydrogen-bond donors (Lipinski definition) is 1. The summed E-state index contributed by atoms with van der Waals surface area (Å²) in [5.74, 6) is 1.79. The fourth-order valence-corrected chi connectivity index (χ4v) is 1.82. The van der Waals surface area contributed by atoms with Crippen molar-refractivity contribution in [3.05, 3.63) is 41.0 Å². The van der Waals surface area contributed by atoms with Crippen molar-refractivity contribution in [1.29, 1.82) is 0 Å². The zero-order valence-corrected chi connectivity index (χ0v) is 12.5. The van der Waals surface area contributed by atoms with Gasteiger partial charge in [0.05, 0.1) is 6.04 Å². The molecule has 0 bridgehead atoms. The first-order chi connectivity index (χ1) is 9.47. The predicted octanol–water partition coefficient (Wildman–Crippen LogP) is 3.52. The van der Waals surface area contributed by atoms with Crippen LogP contribution in [0.15, 0.2) is 28.8 Å². The zero-order chi connectivity index (χ0) is 14.7. The van der Waals surface area contributed by atoms with Gasteiger partial charge >= 0.3 is 0 Å². The molecule has 2 rings (SSSR count). The Balaban J connectivity index is 2.08. The molecular weight excluding hydrogens is 278 g/mol. The van der Waals surface area contributed by atoms with E-state index in [2.05, 4.69) is 10.1 Å². The van der Waals surface area contributed by atoms with Crippen LogP contribution in [0.2, 0.25) is 5.02 Å². The van der Waals surface area contributed by atoms with Gasteiger partial charge in [0.25, 0.3) is 5.89 Å². The molecule has 2 unspecified atom stereocenters. The Morgan fingerprint density at radius 1 is 1.30 bits per heavy atom. The molecule has 0 saturated heterocycles. The average Bonchev–Trinajstić information content (AvgIpc) is 2.87. The lowest BCUT2D eigenvalue weighted by atomic mass is 10.1. The predicted molar refractivity (Wildman–Crippen MR) is 76.6 cm³/mol. The molecule has 1 aromatic carbocycles. The Kier molecular flexibility index (Phi) is 4.62. The van der Waals surface area contributed by atoms with Crippen molar-refractivity contribution in [1.82, 2.24) is 10.1 Å². The van der Waals surface area contributed by atoms with E-state index in [9.17, 15) is 0 Å². The van der Waals surface area contributed by atoms with E-state index in [1.807, 2.05) is 32.9 Å². The Labute approximate surface area is 123 Å². The molecule has 20 heavy (non-hydrogen) atoms. The van der Waals surface area contributed by atoms with Crippen LogP contribution in [-0.2, 0) is 0 Å². The molecule has 1 heterocycles. The summed E-state index contributed by atoms with van der Waals surface area (Å²) in [6.07, 6.45) is -0.367. The van der Waals surface area contributed by atoms with E-state index in [-0.39, 0.29) is 18.1 Å². The standard InChI is InChI=1S/C14H18ClN3O2/c1-8(2)12(16)13-17-14(20-18-13)9(3)19-11-6-4-5-10(15)7-11/h4-9,12H,16H2,1-3H3. The number of aromatic nitrogens is 2. The summed E-state index contributed by atoms with van der Waals surface area (Å²) in [6, 6.07) is 6.91. The van der Waals surface area contributed by atoms with Crippen LogP contribution in [0.4, 0.5) is 0 Å². The highest BCUT2D eigenvalue weighted by Gasteiger charge is 2.21. The number of ether oxygens (including phenoxy) is 1. The monoisotopic (exact) mass is 295 g/mol. The van der Waals surface area contributed by atoms with Crippen molar-refractivity contribution in [3.8, 4) is 5.75 Å². The van der Waals surface area contributed by atoms with Crippen LogP contribution < -0.4 is 10.5 Å². The van der Waals surface area contributed by atoms with Gasteiger partial charge in [-0.25, -0.2) is 0 Å². The maximum atomic E-state index is 5.98. The zero-order valence-electron chi connectivity index (χ0n) is 11.7. The minimum absolute atomic E-state index is 0.240. The van der Waals surface area contributed by atoms with Crippen molar-refractivity contribution in [2.24, 2.45) is 11.7 Å². The van der Waals surface area contributed by atoms with Gasteiger partial charge in [-0.3, -0.25) is 0 Å². The molecule has 0 amide bonds. The van der Waals surface area contributed by atoms with E-state index in [4.69, 9.17) is 26.6 Å². The van der Waals surface area contributed by atoms with Crippen molar-refractivity contribution in [2.75, 3.05) is 0 Å². The van der Waals surface area contributed by atoms with Gasteiger partial charge in [0.2, 0.25) is 0 Å². The molecule has 0 aliphatic heterocycles. The van der Waals surface area contributed by atoms with Crippen LogP contribution in [0.5, 0.6) is 5.75 Å². The number of hydrogen-bond acceptors (Lipinski definition) is 5. The second-order valence-electron chi connectivity index (χ2n) is 4.98. The van der Waals surface area contributed by atoms with Crippen LogP contribution in [-0.4, -0.2) is 10.1 Å². The molecule has 5 nitrogen and oxygen atoms in total. The van der Waals surface area contributed by atoms with E-state index in [0.29, 0.717) is 22.5 Å². The smallest absolute Gasteiger partial charge is 0.267 e. The van der Waals surface area contributed by atoms with Crippen molar-refractivity contribution in [3.63, 3.8) is 0 Å². The van der Waals surface area contributed by atoms with Gasteiger partial charge in [0, 0.05) is 5.02 Å². The highest BCUT2D eigenvalue weighted by Crippen LogP contribution is 2.24. The second-order valence-corrected chi connectivity index (χ2v) is 5.41. The first-order valence-electron chi connectivity index (χ1n) is 6.48. The number of rotatable bonds is 5. The van der Waals surface area contributed by atoms with E-state index in [0.717, 1.165) is 0 Å². The van der Waals surface area contributed by atoms with Gasteiger partial charge in [-0.15, -0.1) is 0 Å². The second kappa shape index (κ2) is 6.24. The fraction of sp³-hybridized carbons (Fsp3) is 0.429. The summed E-state index contributed by atoms with van der Waals surface area (Å²) in [5.41, 5.74) is 5.98. The third-order valence-electron chi connectivity index (χ3n) is 2.93. The Bertz CT molecular complexity index is 571. The number of benzene rings is 1. The summed E-state index contributed by atoms with van der Waals surface area (Å²) >= 11 is 5.91. The molecule has 108 valence electrons. The van der Waals surface area contributed by atoms with Gasteiger partial charge in [0.15, 0.2) is 11.9 Å². The summed E-state index contributed by atoms with van der Waals surface area (Å²) < 4.78 is 10.9. The lowest BCUT2D eigenvalue weighted by Gasteiger charge is -2.11. The maximum absolute atomic E-state index is 5.98. The molecule has 1 aromatic heterocycles. The molecule has 0 saturated carbocycles. The summed E-state index contributed by atoms with van der Waals surface area (Å²) in [4.78, 5) is 4.29. The maximum Gasteiger partial charge on any atom is 0.267 e. The molecule has 2 N–H and O–H groups in total. The first-order valence-corrected chi connectivity index (χ1v) is 6.86. The normalized spacial score (nSPS) is 14.3. The Morgan fingerprint density at radius 2 is 2.05 bits per heavy atom. The third kappa shape index (κ3) is 3.49. The molecule has 0 spiro atoms. The van der Waals surface area contributed by atoms with Crippen LogP contribution in [0.1, 0.15) is 44.6 Å². The largest absolute Gasteiger partial charge is 0.481 e. The van der Waals surface area contributed by atoms with Crippen molar-refractivity contribution in [2.45, 2.75) is 32.9 Å². The third-order valence-corrected chi connectivity index (χ3v) is 3.17.